The van der Waals surface area contributed by atoms with Crippen molar-refractivity contribution in [1.29, 1.82) is 0 Å². The first-order chi connectivity index (χ1) is 19.2. The molecule has 1 heterocycles. The third kappa shape index (κ3) is 7.35. The highest BCUT2D eigenvalue weighted by Gasteiger charge is 2.35. The Morgan fingerprint density at radius 2 is 1.52 bits per heavy atom. The molecule has 0 aliphatic rings. The first-order valence-electron chi connectivity index (χ1n) is 12.9. The lowest BCUT2D eigenvalue weighted by atomic mass is 10.00. The van der Waals surface area contributed by atoms with E-state index in [1.54, 1.807) is 13.8 Å². The largest absolute Gasteiger partial charge is 0.343 e. The Kier molecular flexibility index (Phi) is 9.70. The van der Waals surface area contributed by atoms with Crippen LogP contribution in [0.2, 0.25) is 0 Å². The molecule has 0 bridgehead atoms. The number of hydrogen-bond donors (Lipinski definition) is 3. The van der Waals surface area contributed by atoms with Gasteiger partial charge in [0, 0.05) is 0 Å². The van der Waals surface area contributed by atoms with Gasteiger partial charge in [-0.3, -0.25) is 19.5 Å². The van der Waals surface area contributed by atoms with Gasteiger partial charge in [0.15, 0.2) is 3.95 Å². The first kappa shape index (κ1) is 29.0. The van der Waals surface area contributed by atoms with Crippen LogP contribution in [0.25, 0.3) is 11.1 Å². The molecule has 3 amide bonds. The molecule has 1 aromatic heterocycles. The number of aromatic amines is 1. The van der Waals surface area contributed by atoms with Crippen molar-refractivity contribution >= 4 is 46.4 Å². The fraction of sp³-hybridized carbons (Fsp3) is 0.233. The Labute approximate surface area is 242 Å². The smallest absolute Gasteiger partial charge is 0.258 e. The van der Waals surface area contributed by atoms with Gasteiger partial charge in [-0.15, -0.1) is 5.10 Å². The number of imide groups is 1. The van der Waals surface area contributed by atoms with Crippen molar-refractivity contribution in [2.24, 2.45) is 11.7 Å². The number of rotatable bonds is 10. The van der Waals surface area contributed by atoms with E-state index in [1.165, 1.54) is 0 Å². The maximum Gasteiger partial charge on any atom is 0.258 e. The molecule has 0 radical (unpaired) electrons. The van der Waals surface area contributed by atoms with Gasteiger partial charge in [-0.05, 0) is 46.8 Å². The minimum absolute atomic E-state index is 0.0422. The highest BCUT2D eigenvalue weighted by molar-refractivity contribution is 7.73. The maximum absolute atomic E-state index is 13.9. The van der Waals surface area contributed by atoms with Crippen LogP contribution in [-0.2, 0) is 27.2 Å². The SMILES string of the molecule is CC(C)[C@H](NC(=O)[C@@H](N)Cc1ccccc1)C(=O)N(C(=O)Cc1ccc(-c2ccccc2)cc1)c1n[nH]c(=S)s1. The van der Waals surface area contributed by atoms with E-state index in [1.807, 2.05) is 84.9 Å². The molecule has 2 atom stereocenters. The van der Waals surface area contributed by atoms with Crippen LogP contribution in [-0.4, -0.2) is 40.0 Å². The number of nitrogens with zero attached hydrogens (tertiary/aromatic N) is 2. The van der Waals surface area contributed by atoms with Gasteiger partial charge in [-0.1, -0.05) is 110 Å². The average Bonchev–Trinajstić information content (AvgIpc) is 3.38. The number of amides is 3. The number of aromatic nitrogens is 2. The molecule has 40 heavy (non-hydrogen) atoms. The standard InChI is InChI=1S/C30H31N5O3S2/c1-19(2)26(32-27(37)24(31)17-20-9-5-3-6-10-20)28(38)35(29-33-34-30(39)40-29)25(36)18-21-13-15-23(16-14-21)22-11-7-4-8-12-22/h3-16,19,24,26H,17-18,31H2,1-2H3,(H,32,37)(H,34,39)/t24-,26-/m0/s1. The van der Waals surface area contributed by atoms with Crippen LogP contribution in [0.1, 0.15) is 25.0 Å². The summed E-state index contributed by atoms with van der Waals surface area (Å²) in [6.45, 7) is 3.59. The third-order valence-corrected chi connectivity index (χ3v) is 7.44. The van der Waals surface area contributed by atoms with Crippen molar-refractivity contribution < 1.29 is 14.4 Å². The van der Waals surface area contributed by atoms with E-state index in [4.69, 9.17) is 18.0 Å². The lowest BCUT2D eigenvalue weighted by Gasteiger charge is -2.28. The maximum atomic E-state index is 13.9. The normalized spacial score (nSPS) is 12.5. The number of hydrogen-bond acceptors (Lipinski definition) is 7. The summed E-state index contributed by atoms with van der Waals surface area (Å²) in [5.74, 6) is -1.88. The van der Waals surface area contributed by atoms with Crippen LogP contribution in [0, 0.1) is 9.87 Å². The van der Waals surface area contributed by atoms with Gasteiger partial charge in [-0.2, -0.15) is 0 Å². The first-order valence-corrected chi connectivity index (χ1v) is 14.1. The Bertz CT molecular complexity index is 1500. The van der Waals surface area contributed by atoms with Crippen LogP contribution in [0.15, 0.2) is 84.9 Å². The fourth-order valence-corrected chi connectivity index (χ4v) is 5.12. The van der Waals surface area contributed by atoms with Gasteiger partial charge < -0.3 is 11.1 Å². The zero-order chi connectivity index (χ0) is 28.6. The van der Waals surface area contributed by atoms with Crippen molar-refractivity contribution in [3.63, 3.8) is 0 Å². The zero-order valence-corrected chi connectivity index (χ0v) is 23.9. The summed E-state index contributed by atoms with van der Waals surface area (Å²) in [7, 11) is 0. The van der Waals surface area contributed by atoms with Gasteiger partial charge in [-0.25, -0.2) is 4.90 Å². The molecule has 8 nitrogen and oxygen atoms in total. The second kappa shape index (κ2) is 13.4. The van der Waals surface area contributed by atoms with Crippen molar-refractivity contribution in [2.45, 2.75) is 38.8 Å². The second-order valence-corrected chi connectivity index (χ2v) is 11.4. The summed E-state index contributed by atoms with van der Waals surface area (Å²) in [4.78, 5) is 41.5. The Morgan fingerprint density at radius 1 is 0.925 bits per heavy atom. The molecule has 0 fully saturated rings. The van der Waals surface area contributed by atoms with Crippen molar-refractivity contribution in [3.05, 3.63) is 100 Å². The average molecular weight is 574 g/mol. The molecule has 4 N–H and O–H groups in total. The molecule has 0 aliphatic heterocycles. The highest BCUT2D eigenvalue weighted by Crippen LogP contribution is 2.23. The molecule has 0 saturated heterocycles. The quantitative estimate of drug-likeness (QED) is 0.237. The molecule has 0 spiro atoms. The van der Waals surface area contributed by atoms with Gasteiger partial charge >= 0.3 is 0 Å². The van der Waals surface area contributed by atoms with Crippen LogP contribution >= 0.6 is 23.6 Å². The van der Waals surface area contributed by atoms with Crippen molar-refractivity contribution in [2.75, 3.05) is 4.90 Å². The van der Waals surface area contributed by atoms with Crippen LogP contribution < -0.4 is 16.0 Å². The lowest BCUT2D eigenvalue weighted by molar-refractivity contribution is -0.132. The van der Waals surface area contributed by atoms with E-state index in [2.05, 4.69) is 15.5 Å². The molecule has 3 aromatic carbocycles. The van der Waals surface area contributed by atoms with Gasteiger partial charge in [0.05, 0.1) is 12.5 Å². The third-order valence-electron chi connectivity index (χ3n) is 6.37. The predicted octanol–water partition coefficient (Wildman–Crippen LogP) is 4.68. The van der Waals surface area contributed by atoms with Crippen LogP contribution in [0.5, 0.6) is 0 Å². The summed E-state index contributed by atoms with van der Waals surface area (Å²) < 4.78 is 0.322. The fourth-order valence-electron chi connectivity index (χ4n) is 4.21. The molecule has 4 rings (SSSR count). The molecular weight excluding hydrogens is 542 g/mol. The van der Waals surface area contributed by atoms with Gasteiger partial charge in [0.1, 0.15) is 6.04 Å². The van der Waals surface area contributed by atoms with Crippen molar-refractivity contribution in [3.8, 4) is 11.1 Å². The van der Waals surface area contributed by atoms with E-state index in [0.717, 1.165) is 38.5 Å². The topological polar surface area (TPSA) is 121 Å². The van der Waals surface area contributed by atoms with Crippen molar-refractivity contribution in [1.82, 2.24) is 15.5 Å². The van der Waals surface area contributed by atoms with Gasteiger partial charge in [0.25, 0.3) is 5.91 Å². The monoisotopic (exact) mass is 573 g/mol. The molecule has 0 unspecified atom stereocenters. The highest BCUT2D eigenvalue weighted by atomic mass is 32.1. The summed E-state index contributed by atoms with van der Waals surface area (Å²) >= 11 is 6.18. The molecule has 10 heteroatoms. The molecular formula is C30H31N5O3S2. The Balaban J connectivity index is 1.53. The Hall–Kier alpha value is -3.99. The summed E-state index contributed by atoms with van der Waals surface area (Å²) in [5, 5.41) is 9.63. The summed E-state index contributed by atoms with van der Waals surface area (Å²) in [6, 6.07) is 25.0. The Morgan fingerprint density at radius 3 is 2.10 bits per heavy atom. The number of H-pyrrole nitrogens is 1. The molecule has 206 valence electrons. The van der Waals surface area contributed by atoms with E-state index in [9.17, 15) is 14.4 Å². The number of benzene rings is 3. The number of anilines is 1. The minimum atomic E-state index is -1.00. The number of nitrogens with two attached hydrogens (primary N) is 1. The zero-order valence-electron chi connectivity index (χ0n) is 22.2. The van der Waals surface area contributed by atoms with Crippen LogP contribution in [0.3, 0.4) is 0 Å². The van der Waals surface area contributed by atoms with E-state index in [-0.39, 0.29) is 17.5 Å². The van der Waals surface area contributed by atoms with Crippen LogP contribution in [0.4, 0.5) is 5.13 Å². The molecule has 4 aromatic rings. The van der Waals surface area contributed by atoms with E-state index >= 15 is 0 Å². The van der Waals surface area contributed by atoms with E-state index < -0.39 is 29.8 Å². The predicted molar refractivity (Wildman–Crippen MR) is 160 cm³/mol. The molecule has 0 saturated carbocycles. The lowest BCUT2D eigenvalue weighted by Crippen LogP contribution is -2.56. The van der Waals surface area contributed by atoms with E-state index in [0.29, 0.717) is 10.4 Å². The summed E-state index contributed by atoms with van der Waals surface area (Å²) in [5.41, 5.74) is 9.89. The number of nitrogens with one attached hydrogen (secondary N) is 2. The molecule has 0 aliphatic carbocycles. The summed E-state index contributed by atoms with van der Waals surface area (Å²) in [6.07, 6.45) is 0.271. The second-order valence-electron chi connectivity index (χ2n) is 9.73. The minimum Gasteiger partial charge on any atom is -0.343 e. The number of carbonyl (C=O) groups is 3. The van der Waals surface area contributed by atoms with Gasteiger partial charge in [0.2, 0.25) is 16.9 Å². The number of carbonyl (C=O) groups excluding carboxylic acids is 3.